The molecule has 1 aliphatic rings. The molecule has 0 spiro atoms. The Morgan fingerprint density at radius 1 is 1.18 bits per heavy atom. The van der Waals surface area contributed by atoms with Crippen LogP contribution in [0.4, 0.5) is 0 Å². The SMILES string of the molecule is COc1ccc(C2CCCN2C(=O)CCn2cnc3ccccc32)c(OC)c1. The average Bonchev–Trinajstić information content (AvgIpc) is 3.38. The topological polar surface area (TPSA) is 56.6 Å². The van der Waals surface area contributed by atoms with Crippen molar-refractivity contribution in [3.63, 3.8) is 0 Å². The number of hydrogen-bond donors (Lipinski definition) is 0. The first-order valence-corrected chi connectivity index (χ1v) is 9.62. The Balaban J connectivity index is 1.49. The number of likely N-dealkylation sites (tertiary alicyclic amines) is 1. The van der Waals surface area contributed by atoms with Crippen LogP contribution in [0.1, 0.15) is 30.9 Å². The molecule has 2 heterocycles. The van der Waals surface area contributed by atoms with Crippen molar-refractivity contribution >= 4 is 16.9 Å². The number of ether oxygens (including phenoxy) is 2. The molecule has 3 aromatic rings. The summed E-state index contributed by atoms with van der Waals surface area (Å²) in [7, 11) is 3.29. The molecule has 1 atom stereocenters. The van der Waals surface area contributed by atoms with Gasteiger partial charge < -0.3 is 18.9 Å². The van der Waals surface area contributed by atoms with Crippen LogP contribution in [0, 0.1) is 0 Å². The van der Waals surface area contributed by atoms with E-state index in [-0.39, 0.29) is 11.9 Å². The lowest BCUT2D eigenvalue weighted by molar-refractivity contribution is -0.132. The van der Waals surface area contributed by atoms with Gasteiger partial charge in [0.1, 0.15) is 11.5 Å². The molecule has 1 unspecified atom stereocenters. The van der Waals surface area contributed by atoms with Crippen LogP contribution in [0.2, 0.25) is 0 Å². The van der Waals surface area contributed by atoms with Crippen LogP contribution in [0.3, 0.4) is 0 Å². The zero-order valence-corrected chi connectivity index (χ0v) is 16.3. The maximum Gasteiger partial charge on any atom is 0.224 e. The number of hydrogen-bond acceptors (Lipinski definition) is 4. The number of para-hydroxylation sites is 2. The van der Waals surface area contributed by atoms with E-state index >= 15 is 0 Å². The molecule has 146 valence electrons. The molecular formula is C22H25N3O3. The van der Waals surface area contributed by atoms with Gasteiger partial charge in [-0.25, -0.2) is 4.98 Å². The molecule has 1 fully saturated rings. The highest BCUT2D eigenvalue weighted by Crippen LogP contribution is 2.39. The summed E-state index contributed by atoms with van der Waals surface area (Å²) in [6.07, 6.45) is 4.21. The molecule has 1 saturated heterocycles. The molecule has 0 radical (unpaired) electrons. The van der Waals surface area contributed by atoms with Crippen LogP contribution in [-0.4, -0.2) is 41.1 Å². The third-order valence-electron chi connectivity index (χ3n) is 5.47. The number of nitrogens with zero attached hydrogens (tertiary/aromatic N) is 3. The number of methoxy groups -OCH3 is 2. The zero-order chi connectivity index (χ0) is 19.5. The Bertz CT molecular complexity index is 982. The Hall–Kier alpha value is -3.02. The lowest BCUT2D eigenvalue weighted by atomic mass is 10.0. The number of aryl methyl sites for hydroxylation is 1. The number of aromatic nitrogens is 2. The van der Waals surface area contributed by atoms with Crippen molar-refractivity contribution in [3.05, 3.63) is 54.4 Å². The summed E-state index contributed by atoms with van der Waals surface area (Å²) < 4.78 is 12.9. The number of benzene rings is 2. The smallest absolute Gasteiger partial charge is 0.224 e. The van der Waals surface area contributed by atoms with E-state index in [4.69, 9.17) is 9.47 Å². The summed E-state index contributed by atoms with van der Waals surface area (Å²) in [5, 5.41) is 0. The van der Waals surface area contributed by atoms with Gasteiger partial charge in [0.15, 0.2) is 0 Å². The minimum atomic E-state index is 0.0490. The van der Waals surface area contributed by atoms with Gasteiger partial charge in [-0.1, -0.05) is 12.1 Å². The highest BCUT2D eigenvalue weighted by molar-refractivity contribution is 5.78. The Morgan fingerprint density at radius 2 is 2.04 bits per heavy atom. The predicted octanol–water partition coefficient (Wildman–Crippen LogP) is 3.81. The summed E-state index contributed by atoms with van der Waals surface area (Å²) in [5.74, 6) is 1.69. The number of fused-ring (bicyclic) bond motifs is 1. The minimum absolute atomic E-state index is 0.0490. The molecule has 4 rings (SSSR count). The van der Waals surface area contributed by atoms with Gasteiger partial charge in [-0.15, -0.1) is 0 Å². The summed E-state index contributed by atoms with van der Waals surface area (Å²) >= 11 is 0. The zero-order valence-electron chi connectivity index (χ0n) is 16.3. The first kappa shape index (κ1) is 18.3. The van der Waals surface area contributed by atoms with Crippen LogP contribution in [-0.2, 0) is 11.3 Å². The number of rotatable bonds is 6. The summed E-state index contributed by atoms with van der Waals surface area (Å²) in [4.78, 5) is 19.4. The van der Waals surface area contributed by atoms with Crippen molar-refractivity contribution in [1.29, 1.82) is 0 Å². The fourth-order valence-electron chi connectivity index (χ4n) is 4.03. The number of carbonyl (C=O) groups is 1. The molecule has 0 saturated carbocycles. The standard InChI is InChI=1S/C22H25N3O3/c1-27-16-9-10-17(21(14-16)28-2)19-8-5-12-25(19)22(26)11-13-24-15-23-18-6-3-4-7-20(18)24/h3-4,6-7,9-10,14-15,19H,5,8,11-13H2,1-2H3. The van der Waals surface area contributed by atoms with Crippen molar-refractivity contribution in [2.75, 3.05) is 20.8 Å². The van der Waals surface area contributed by atoms with Crippen LogP contribution in [0.5, 0.6) is 11.5 Å². The second-order valence-electron chi connectivity index (χ2n) is 7.03. The molecular weight excluding hydrogens is 354 g/mol. The molecule has 0 aliphatic carbocycles. The van der Waals surface area contributed by atoms with E-state index in [0.29, 0.717) is 13.0 Å². The number of carbonyl (C=O) groups excluding carboxylic acids is 1. The molecule has 1 aliphatic heterocycles. The van der Waals surface area contributed by atoms with E-state index < -0.39 is 0 Å². The lowest BCUT2D eigenvalue weighted by Crippen LogP contribution is -2.31. The van der Waals surface area contributed by atoms with E-state index in [1.807, 2.05) is 58.3 Å². The van der Waals surface area contributed by atoms with Crippen LogP contribution < -0.4 is 9.47 Å². The Morgan fingerprint density at radius 3 is 2.86 bits per heavy atom. The van der Waals surface area contributed by atoms with E-state index in [1.165, 1.54) is 0 Å². The van der Waals surface area contributed by atoms with Crippen LogP contribution in [0.25, 0.3) is 11.0 Å². The van der Waals surface area contributed by atoms with Gasteiger partial charge in [-0.2, -0.15) is 0 Å². The lowest BCUT2D eigenvalue weighted by Gasteiger charge is -2.26. The van der Waals surface area contributed by atoms with E-state index in [2.05, 4.69) is 4.98 Å². The normalized spacial score (nSPS) is 16.5. The molecule has 6 nitrogen and oxygen atoms in total. The molecule has 28 heavy (non-hydrogen) atoms. The van der Waals surface area contributed by atoms with E-state index in [0.717, 1.165) is 47.5 Å². The Labute approximate surface area is 164 Å². The second kappa shape index (κ2) is 7.92. The quantitative estimate of drug-likeness (QED) is 0.654. The van der Waals surface area contributed by atoms with Gasteiger partial charge in [0.05, 0.1) is 37.6 Å². The predicted molar refractivity (Wildman–Crippen MR) is 108 cm³/mol. The number of imidazole rings is 1. The van der Waals surface area contributed by atoms with E-state index in [1.54, 1.807) is 14.2 Å². The van der Waals surface area contributed by atoms with Gasteiger partial charge in [0.2, 0.25) is 5.91 Å². The van der Waals surface area contributed by atoms with Crippen molar-refractivity contribution in [2.24, 2.45) is 0 Å². The van der Waals surface area contributed by atoms with Gasteiger partial charge in [0.25, 0.3) is 0 Å². The van der Waals surface area contributed by atoms with Crippen molar-refractivity contribution in [3.8, 4) is 11.5 Å². The molecule has 6 heteroatoms. The molecule has 2 aromatic carbocycles. The van der Waals surface area contributed by atoms with Crippen LogP contribution >= 0.6 is 0 Å². The largest absolute Gasteiger partial charge is 0.497 e. The van der Waals surface area contributed by atoms with Gasteiger partial charge in [0, 0.05) is 31.1 Å². The average molecular weight is 379 g/mol. The van der Waals surface area contributed by atoms with Gasteiger partial charge in [-0.3, -0.25) is 4.79 Å². The fourth-order valence-corrected chi connectivity index (χ4v) is 4.03. The van der Waals surface area contributed by atoms with Crippen molar-refractivity contribution in [1.82, 2.24) is 14.5 Å². The summed E-state index contributed by atoms with van der Waals surface area (Å²) in [6, 6.07) is 13.9. The first-order chi connectivity index (χ1) is 13.7. The van der Waals surface area contributed by atoms with Crippen LogP contribution in [0.15, 0.2) is 48.8 Å². The van der Waals surface area contributed by atoms with Gasteiger partial charge >= 0.3 is 0 Å². The fraction of sp³-hybridized carbons (Fsp3) is 0.364. The van der Waals surface area contributed by atoms with Gasteiger partial charge in [-0.05, 0) is 37.1 Å². The Kier molecular flexibility index (Phi) is 5.19. The third kappa shape index (κ3) is 3.42. The van der Waals surface area contributed by atoms with Crippen molar-refractivity contribution < 1.29 is 14.3 Å². The monoisotopic (exact) mass is 379 g/mol. The highest BCUT2D eigenvalue weighted by atomic mass is 16.5. The highest BCUT2D eigenvalue weighted by Gasteiger charge is 2.31. The molecule has 1 aromatic heterocycles. The maximum absolute atomic E-state index is 13.0. The molecule has 0 N–H and O–H groups in total. The van der Waals surface area contributed by atoms with E-state index in [9.17, 15) is 4.79 Å². The summed E-state index contributed by atoms with van der Waals surface area (Å²) in [6.45, 7) is 1.41. The van der Waals surface area contributed by atoms with Crippen molar-refractivity contribution in [2.45, 2.75) is 31.8 Å². The molecule has 1 amide bonds. The second-order valence-corrected chi connectivity index (χ2v) is 7.03. The third-order valence-corrected chi connectivity index (χ3v) is 5.47. The number of amides is 1. The maximum atomic E-state index is 13.0. The first-order valence-electron chi connectivity index (χ1n) is 9.62. The summed E-state index contributed by atoms with van der Waals surface area (Å²) in [5.41, 5.74) is 3.06. The minimum Gasteiger partial charge on any atom is -0.497 e. The molecule has 0 bridgehead atoms.